The number of nitrogens with one attached hydrogen (secondary N) is 4. The van der Waals surface area contributed by atoms with Crippen molar-refractivity contribution in [2.45, 2.75) is 39.2 Å². The van der Waals surface area contributed by atoms with Gasteiger partial charge in [-0.3, -0.25) is 9.78 Å². The number of aromatic nitrogens is 2. The molecule has 0 saturated carbocycles. The van der Waals surface area contributed by atoms with Gasteiger partial charge in [0.15, 0.2) is 0 Å². The summed E-state index contributed by atoms with van der Waals surface area (Å²) in [5, 5.41) is 22.7. The van der Waals surface area contributed by atoms with Gasteiger partial charge in [0.25, 0.3) is 5.91 Å². The first-order chi connectivity index (χ1) is 16.4. The molecule has 5 N–H and O–H groups in total. The number of aliphatic hydroxyl groups is 1. The molecular weight excluding hydrogens is 428 g/mol. The van der Waals surface area contributed by atoms with Gasteiger partial charge in [0.2, 0.25) is 0 Å². The van der Waals surface area contributed by atoms with Crippen LogP contribution in [0.25, 0.3) is 0 Å². The number of benzene rings is 1. The summed E-state index contributed by atoms with van der Waals surface area (Å²) in [6.45, 7) is 8.10. The first-order valence-corrected chi connectivity index (χ1v) is 11.6. The van der Waals surface area contributed by atoms with E-state index in [-0.39, 0.29) is 12.5 Å². The molecule has 0 spiro atoms. The maximum Gasteiger partial charge on any atom is 0.254 e. The van der Waals surface area contributed by atoms with E-state index in [1.54, 1.807) is 12.4 Å². The quantitative estimate of drug-likeness (QED) is 0.349. The van der Waals surface area contributed by atoms with E-state index >= 15 is 0 Å². The Morgan fingerprint density at radius 3 is 2.71 bits per heavy atom. The summed E-state index contributed by atoms with van der Waals surface area (Å²) < 4.78 is 0. The number of amides is 1. The standard InChI is InChI=1S/C26H32N6O2/c1-4-28-25(34)21-15-30-24(32-19-6-5-17-7-9-27-14-18(17)11-19)13-22(21)31-20-8-10-29-23(12-20)26(2,3)16-33/h5-6,8,10-13,15,27,33H,4,7,9,14,16H2,1-3H3,(H,28,34)(H2,29,30,31,32). The van der Waals surface area contributed by atoms with Crippen molar-refractivity contribution in [1.82, 2.24) is 20.6 Å². The normalized spacial score (nSPS) is 13.2. The molecule has 0 aliphatic carbocycles. The van der Waals surface area contributed by atoms with Gasteiger partial charge in [-0.25, -0.2) is 4.98 Å². The van der Waals surface area contributed by atoms with Crippen LogP contribution >= 0.6 is 0 Å². The molecule has 8 heteroatoms. The molecule has 0 atom stereocenters. The lowest BCUT2D eigenvalue weighted by molar-refractivity contribution is 0.0956. The van der Waals surface area contributed by atoms with E-state index in [4.69, 9.17) is 0 Å². The fraction of sp³-hybridized carbons (Fsp3) is 0.346. The molecule has 0 fully saturated rings. The average Bonchev–Trinajstić information content (AvgIpc) is 2.84. The van der Waals surface area contributed by atoms with Gasteiger partial charge in [0.1, 0.15) is 5.82 Å². The Morgan fingerprint density at radius 2 is 1.91 bits per heavy atom. The second-order valence-electron chi connectivity index (χ2n) is 9.11. The van der Waals surface area contributed by atoms with Crippen LogP contribution in [0.2, 0.25) is 0 Å². The van der Waals surface area contributed by atoms with E-state index in [1.807, 2.05) is 39.0 Å². The Morgan fingerprint density at radius 1 is 1.09 bits per heavy atom. The lowest BCUT2D eigenvalue weighted by Gasteiger charge is -2.22. The zero-order valence-corrected chi connectivity index (χ0v) is 19.9. The third kappa shape index (κ3) is 5.35. The summed E-state index contributed by atoms with van der Waals surface area (Å²) in [6, 6.07) is 11.9. The number of anilines is 4. The van der Waals surface area contributed by atoms with E-state index < -0.39 is 5.41 Å². The van der Waals surface area contributed by atoms with Gasteiger partial charge in [-0.05, 0) is 55.3 Å². The van der Waals surface area contributed by atoms with E-state index in [1.165, 1.54) is 11.1 Å². The van der Waals surface area contributed by atoms with E-state index in [0.29, 0.717) is 23.6 Å². The molecule has 178 valence electrons. The van der Waals surface area contributed by atoms with Crippen molar-refractivity contribution in [2.75, 3.05) is 30.3 Å². The van der Waals surface area contributed by atoms with Crippen LogP contribution in [0.15, 0.2) is 48.8 Å². The summed E-state index contributed by atoms with van der Waals surface area (Å²) in [5.74, 6) is 0.429. The number of aliphatic hydroxyl groups excluding tert-OH is 1. The minimum absolute atomic E-state index is 0.0206. The fourth-order valence-corrected chi connectivity index (χ4v) is 3.88. The predicted molar refractivity (Wildman–Crippen MR) is 135 cm³/mol. The van der Waals surface area contributed by atoms with Crippen LogP contribution in [0.1, 0.15) is 48.0 Å². The summed E-state index contributed by atoms with van der Waals surface area (Å²) in [7, 11) is 0. The summed E-state index contributed by atoms with van der Waals surface area (Å²) in [6.07, 6.45) is 4.31. The number of pyridine rings is 2. The molecule has 3 aromatic rings. The number of rotatable bonds is 8. The van der Waals surface area contributed by atoms with Gasteiger partial charge >= 0.3 is 0 Å². The molecule has 8 nitrogen and oxygen atoms in total. The third-order valence-electron chi connectivity index (χ3n) is 5.98. The van der Waals surface area contributed by atoms with E-state index in [2.05, 4.69) is 49.4 Å². The molecule has 0 bridgehead atoms. The van der Waals surface area contributed by atoms with Gasteiger partial charge in [0.05, 0.1) is 23.6 Å². The van der Waals surface area contributed by atoms with Crippen molar-refractivity contribution in [1.29, 1.82) is 0 Å². The number of fused-ring (bicyclic) bond motifs is 1. The first-order valence-electron chi connectivity index (χ1n) is 11.6. The summed E-state index contributed by atoms with van der Waals surface area (Å²) in [5.41, 5.74) is 5.72. The van der Waals surface area contributed by atoms with Crippen LogP contribution in [0.3, 0.4) is 0 Å². The molecule has 0 unspecified atom stereocenters. The average molecular weight is 461 g/mol. The molecule has 1 aromatic carbocycles. The second kappa shape index (κ2) is 10.2. The number of nitrogens with zero attached hydrogens (tertiary/aromatic N) is 2. The Labute approximate surface area is 200 Å². The molecular formula is C26H32N6O2. The smallest absolute Gasteiger partial charge is 0.254 e. The fourth-order valence-electron chi connectivity index (χ4n) is 3.88. The highest BCUT2D eigenvalue weighted by molar-refractivity contribution is 6.00. The maximum absolute atomic E-state index is 12.7. The van der Waals surface area contributed by atoms with Crippen LogP contribution in [0, 0.1) is 0 Å². The highest BCUT2D eigenvalue weighted by Crippen LogP contribution is 2.28. The number of carbonyl (C=O) groups is 1. The number of hydrogen-bond acceptors (Lipinski definition) is 7. The zero-order chi connectivity index (χ0) is 24.1. The SMILES string of the molecule is CCNC(=O)c1cnc(Nc2ccc3c(c2)CNCC3)cc1Nc1ccnc(C(C)(C)CO)c1. The zero-order valence-electron chi connectivity index (χ0n) is 19.9. The first kappa shape index (κ1) is 23.7. The van der Waals surface area contributed by atoms with Crippen molar-refractivity contribution < 1.29 is 9.90 Å². The van der Waals surface area contributed by atoms with Crippen molar-refractivity contribution in [2.24, 2.45) is 0 Å². The molecule has 1 aliphatic heterocycles. The van der Waals surface area contributed by atoms with Crippen LogP contribution in [-0.4, -0.2) is 40.7 Å². The highest BCUT2D eigenvalue weighted by Gasteiger charge is 2.22. The van der Waals surface area contributed by atoms with Gasteiger partial charge in [0, 0.05) is 48.3 Å². The molecule has 34 heavy (non-hydrogen) atoms. The van der Waals surface area contributed by atoms with Crippen LogP contribution in [-0.2, 0) is 18.4 Å². The minimum atomic E-state index is -0.480. The minimum Gasteiger partial charge on any atom is -0.395 e. The Hall–Kier alpha value is -3.49. The van der Waals surface area contributed by atoms with Crippen molar-refractivity contribution in [3.8, 4) is 0 Å². The molecule has 3 heterocycles. The molecule has 0 radical (unpaired) electrons. The summed E-state index contributed by atoms with van der Waals surface area (Å²) >= 11 is 0. The Kier molecular flexibility index (Phi) is 7.09. The monoisotopic (exact) mass is 460 g/mol. The van der Waals surface area contributed by atoms with E-state index in [0.717, 1.165) is 36.6 Å². The van der Waals surface area contributed by atoms with Crippen molar-refractivity contribution in [3.63, 3.8) is 0 Å². The van der Waals surface area contributed by atoms with Crippen LogP contribution in [0.4, 0.5) is 22.9 Å². The Bertz CT molecular complexity index is 1180. The highest BCUT2D eigenvalue weighted by atomic mass is 16.3. The van der Waals surface area contributed by atoms with E-state index in [9.17, 15) is 9.90 Å². The predicted octanol–water partition coefficient (Wildman–Crippen LogP) is 3.63. The summed E-state index contributed by atoms with van der Waals surface area (Å²) in [4.78, 5) is 21.6. The largest absolute Gasteiger partial charge is 0.395 e. The van der Waals surface area contributed by atoms with Crippen molar-refractivity contribution in [3.05, 3.63) is 71.2 Å². The van der Waals surface area contributed by atoms with Crippen LogP contribution < -0.4 is 21.3 Å². The second-order valence-corrected chi connectivity index (χ2v) is 9.11. The molecule has 1 aliphatic rings. The number of carbonyl (C=O) groups excluding carboxylic acids is 1. The Balaban J connectivity index is 1.64. The van der Waals surface area contributed by atoms with Gasteiger partial charge in [-0.2, -0.15) is 0 Å². The lowest BCUT2D eigenvalue weighted by Crippen LogP contribution is -2.24. The van der Waals surface area contributed by atoms with Crippen LogP contribution in [0.5, 0.6) is 0 Å². The number of hydrogen-bond donors (Lipinski definition) is 5. The lowest BCUT2D eigenvalue weighted by atomic mass is 9.90. The van der Waals surface area contributed by atoms with Gasteiger partial charge < -0.3 is 26.4 Å². The van der Waals surface area contributed by atoms with Gasteiger partial charge in [-0.1, -0.05) is 19.9 Å². The van der Waals surface area contributed by atoms with Gasteiger partial charge in [-0.15, -0.1) is 0 Å². The maximum atomic E-state index is 12.7. The molecule has 4 rings (SSSR count). The molecule has 1 amide bonds. The third-order valence-corrected chi connectivity index (χ3v) is 5.98. The molecule has 0 saturated heterocycles. The molecule has 2 aromatic heterocycles. The van der Waals surface area contributed by atoms with Crippen molar-refractivity contribution >= 4 is 28.8 Å². The topological polar surface area (TPSA) is 111 Å².